The van der Waals surface area contributed by atoms with E-state index in [0.717, 1.165) is 38.5 Å². The van der Waals surface area contributed by atoms with Crippen molar-refractivity contribution in [3.63, 3.8) is 0 Å². The maximum absolute atomic E-state index is 16.5. The van der Waals surface area contributed by atoms with Crippen molar-refractivity contribution < 1.29 is 19.1 Å². The molecule has 0 aromatic carbocycles. The van der Waals surface area contributed by atoms with E-state index in [-0.39, 0.29) is 29.1 Å². The fourth-order valence-corrected chi connectivity index (χ4v) is 6.17. The Morgan fingerprint density at radius 1 is 1.18 bits per heavy atom. The fourth-order valence-electron chi connectivity index (χ4n) is 6.17. The van der Waals surface area contributed by atoms with Crippen molar-refractivity contribution in [2.45, 2.75) is 81.3 Å². The first-order chi connectivity index (χ1) is 19.1. The highest BCUT2D eigenvalue weighted by Gasteiger charge is 2.50. The number of aliphatic hydroxyl groups is 1. The lowest BCUT2D eigenvalue weighted by Crippen LogP contribution is -2.65. The van der Waals surface area contributed by atoms with Crippen molar-refractivity contribution >= 4 is 17.3 Å². The Morgan fingerprint density at radius 3 is 2.50 bits per heavy atom. The van der Waals surface area contributed by atoms with Crippen LogP contribution in [-0.4, -0.2) is 60.9 Å². The molecule has 3 aliphatic rings. The van der Waals surface area contributed by atoms with Crippen LogP contribution in [0, 0.1) is 11.3 Å². The molecule has 40 heavy (non-hydrogen) atoms. The van der Waals surface area contributed by atoms with Gasteiger partial charge in [0.1, 0.15) is 17.7 Å². The van der Waals surface area contributed by atoms with E-state index >= 15 is 4.39 Å². The van der Waals surface area contributed by atoms with Gasteiger partial charge in [-0.15, -0.1) is 0 Å². The lowest BCUT2D eigenvalue weighted by molar-refractivity contribution is -0.122. The minimum atomic E-state index is -1.92. The van der Waals surface area contributed by atoms with Crippen LogP contribution in [-0.2, 0) is 4.79 Å². The van der Waals surface area contributed by atoms with Crippen LogP contribution in [0.2, 0.25) is 0 Å². The van der Waals surface area contributed by atoms with Gasteiger partial charge in [0.15, 0.2) is 6.17 Å². The number of carbonyl (C=O) groups is 2. The summed E-state index contributed by atoms with van der Waals surface area (Å²) in [5.41, 5.74) is -0.774. The van der Waals surface area contributed by atoms with E-state index in [9.17, 15) is 20.0 Å². The molecule has 11 heteroatoms. The van der Waals surface area contributed by atoms with E-state index in [0.29, 0.717) is 16.8 Å². The molecule has 0 aliphatic heterocycles. The zero-order chi connectivity index (χ0) is 28.5. The van der Waals surface area contributed by atoms with Gasteiger partial charge < -0.3 is 21.1 Å². The third-order valence-corrected chi connectivity index (χ3v) is 8.58. The van der Waals surface area contributed by atoms with E-state index < -0.39 is 23.7 Å². The van der Waals surface area contributed by atoms with Crippen LogP contribution >= 0.6 is 0 Å². The first kappa shape index (κ1) is 27.7. The number of fused-ring (bicyclic) bond motifs is 4. The van der Waals surface area contributed by atoms with Gasteiger partial charge in [-0.1, -0.05) is 0 Å². The number of rotatable bonds is 9. The van der Waals surface area contributed by atoms with Crippen LogP contribution in [0.15, 0.2) is 48.9 Å². The van der Waals surface area contributed by atoms with Gasteiger partial charge in [0, 0.05) is 36.9 Å². The molecule has 6 rings (SSSR count). The summed E-state index contributed by atoms with van der Waals surface area (Å²) < 4.78 is 18.0. The smallest absolute Gasteiger partial charge is 0.253 e. The van der Waals surface area contributed by atoms with Gasteiger partial charge in [0.2, 0.25) is 5.91 Å². The lowest BCUT2D eigenvalue weighted by atomic mass is 9.61. The van der Waals surface area contributed by atoms with Crippen molar-refractivity contribution in [1.82, 2.24) is 30.5 Å². The number of halogens is 1. The molecule has 3 aliphatic carbocycles. The van der Waals surface area contributed by atoms with Crippen molar-refractivity contribution in [3.8, 4) is 6.07 Å². The molecule has 3 fully saturated rings. The molecule has 4 N–H and O–H groups in total. The number of pyridine rings is 1. The highest BCUT2D eigenvalue weighted by molar-refractivity contribution is 5.94. The second-order valence-corrected chi connectivity index (χ2v) is 11.5. The van der Waals surface area contributed by atoms with Gasteiger partial charge in [-0.3, -0.25) is 14.6 Å². The molecule has 0 radical (unpaired) electrons. The number of amides is 2. The van der Waals surface area contributed by atoms with E-state index in [4.69, 9.17) is 0 Å². The number of hydrogen-bond donors (Lipinski definition) is 4. The van der Waals surface area contributed by atoms with Gasteiger partial charge in [0.05, 0.1) is 28.5 Å². The first-order valence-corrected chi connectivity index (χ1v) is 13.5. The minimum absolute atomic E-state index is 0.0267. The maximum atomic E-state index is 16.5. The average molecular weight is 548 g/mol. The van der Waals surface area contributed by atoms with Crippen LogP contribution in [0.3, 0.4) is 0 Å². The van der Waals surface area contributed by atoms with Gasteiger partial charge in [-0.05, 0) is 75.8 Å². The summed E-state index contributed by atoms with van der Waals surface area (Å²) in [6.07, 6.45) is 7.32. The zero-order valence-corrected chi connectivity index (χ0v) is 22.7. The number of nitrogens with zero attached hydrogens (tertiary/aromatic N) is 4. The molecule has 0 spiro atoms. The van der Waals surface area contributed by atoms with Crippen LogP contribution in [0.1, 0.15) is 80.0 Å². The Balaban J connectivity index is 1.37. The third-order valence-electron chi connectivity index (χ3n) is 8.58. The molecule has 0 saturated heterocycles. The summed E-state index contributed by atoms with van der Waals surface area (Å²) in [5, 5.41) is 34.4. The third kappa shape index (κ3) is 5.42. The Labute approximate surface area is 232 Å². The second-order valence-electron chi connectivity index (χ2n) is 11.5. The highest BCUT2D eigenvalue weighted by Crippen LogP contribution is 2.47. The number of carbonyl (C=O) groups excluding carboxylic acids is 2. The van der Waals surface area contributed by atoms with E-state index in [1.807, 2.05) is 6.07 Å². The molecule has 0 unspecified atom stereocenters. The van der Waals surface area contributed by atoms with Crippen LogP contribution in [0.4, 0.5) is 4.39 Å². The number of nitriles is 1. The summed E-state index contributed by atoms with van der Waals surface area (Å²) in [5.74, 6) is -0.568. The van der Waals surface area contributed by atoms with Crippen LogP contribution < -0.4 is 16.0 Å². The molecule has 2 amide bonds. The summed E-state index contributed by atoms with van der Waals surface area (Å²) in [7, 11) is 0. The topological polar surface area (TPSA) is 144 Å². The summed E-state index contributed by atoms with van der Waals surface area (Å²) >= 11 is 0. The lowest BCUT2D eigenvalue weighted by Gasteiger charge is -2.54. The summed E-state index contributed by atoms with van der Waals surface area (Å²) in [4.78, 5) is 28.8. The molecule has 210 valence electrons. The van der Waals surface area contributed by atoms with Gasteiger partial charge >= 0.3 is 0 Å². The van der Waals surface area contributed by atoms with Crippen molar-refractivity contribution in [2.75, 3.05) is 6.54 Å². The number of alkyl halides is 1. The maximum Gasteiger partial charge on any atom is 0.253 e. The van der Waals surface area contributed by atoms with Crippen LogP contribution in [0.25, 0.3) is 5.52 Å². The molecular weight excluding hydrogens is 513 g/mol. The average Bonchev–Trinajstić information content (AvgIpc) is 3.38. The summed E-state index contributed by atoms with van der Waals surface area (Å²) in [6, 6.07) is 8.92. The highest BCUT2D eigenvalue weighted by atomic mass is 19.1. The molecule has 3 atom stereocenters. The Bertz CT molecular complexity index is 1420. The Morgan fingerprint density at radius 2 is 1.88 bits per heavy atom. The molecule has 2 bridgehead atoms. The van der Waals surface area contributed by atoms with Gasteiger partial charge in [-0.2, -0.15) is 10.4 Å². The SMILES string of the molecule is CC(=O)NC12CCC(NC[C@@](C)(O)[C@H](F)[C@H](NC(=O)c3cccnc3)c3ccc4cc(C#N)cnn34)(CC1)CC2. The Hall–Kier alpha value is -3.88. The molecular formula is C29H34FN7O3. The van der Waals surface area contributed by atoms with Crippen molar-refractivity contribution in [1.29, 1.82) is 5.26 Å². The normalized spacial score (nSPS) is 25.0. The van der Waals surface area contributed by atoms with Crippen molar-refractivity contribution in [2.24, 2.45) is 0 Å². The van der Waals surface area contributed by atoms with Gasteiger partial charge in [0.25, 0.3) is 5.91 Å². The predicted molar refractivity (Wildman–Crippen MR) is 145 cm³/mol. The number of β-amino-alcohol motifs (C(OH)–C–C–N with tert-alkyl or cyclic N) is 1. The van der Waals surface area contributed by atoms with E-state index in [2.05, 4.69) is 26.0 Å². The van der Waals surface area contributed by atoms with Crippen molar-refractivity contribution in [3.05, 3.63) is 65.7 Å². The zero-order valence-electron chi connectivity index (χ0n) is 22.7. The second kappa shape index (κ2) is 10.6. The van der Waals surface area contributed by atoms with E-state index in [1.54, 1.807) is 30.3 Å². The molecule has 3 aromatic rings. The minimum Gasteiger partial charge on any atom is -0.386 e. The van der Waals surface area contributed by atoms with Crippen LogP contribution in [0.5, 0.6) is 0 Å². The number of hydrogen-bond acceptors (Lipinski definition) is 7. The van der Waals surface area contributed by atoms with E-state index in [1.165, 1.54) is 37.0 Å². The predicted octanol–water partition coefficient (Wildman–Crippen LogP) is 2.73. The summed E-state index contributed by atoms with van der Waals surface area (Å²) in [6.45, 7) is 2.93. The first-order valence-electron chi connectivity index (χ1n) is 13.5. The number of aromatic nitrogens is 3. The number of nitrogens with one attached hydrogen (secondary N) is 3. The monoisotopic (exact) mass is 547 g/mol. The van der Waals surface area contributed by atoms with Gasteiger partial charge in [-0.25, -0.2) is 8.91 Å². The molecule has 3 heterocycles. The molecule has 3 aromatic heterocycles. The Kier molecular flexibility index (Phi) is 7.33. The fraction of sp³-hybridized carbons (Fsp3) is 0.483. The standard InChI is InChI=1S/C29H34FN7O3/c1-19(38)36-29-10-7-28(8-11-29,9-12-29)33-18-27(2,40)25(30)24(35-26(39)21-4-3-13-32-17-21)23-6-5-22-14-20(15-31)16-34-37(22)23/h3-6,13-14,16-17,24-25,33,40H,7-12,18H2,1-2H3,(H,35,39)(H,36,38)/t24-,25-,27-,28?,29?/m1/s1. The molecule has 3 saturated carbocycles. The molecule has 10 nitrogen and oxygen atoms in total. The quantitative estimate of drug-likeness (QED) is 0.322. The largest absolute Gasteiger partial charge is 0.386 e.